The normalized spacial score (nSPS) is 15.4. The molecular weight excluding hydrogens is 299 g/mol. The molecule has 0 spiro atoms. The predicted molar refractivity (Wildman–Crippen MR) is 78.2 cm³/mol. The Bertz CT molecular complexity index is 390. The lowest BCUT2D eigenvalue weighted by Crippen LogP contribution is -2.56. The van der Waals surface area contributed by atoms with Gasteiger partial charge in [0.1, 0.15) is 6.04 Å². The highest BCUT2D eigenvalue weighted by Crippen LogP contribution is 2.14. The van der Waals surface area contributed by atoms with Crippen molar-refractivity contribution in [3.63, 3.8) is 0 Å². The number of halogens is 3. The van der Waals surface area contributed by atoms with Crippen LogP contribution in [0.2, 0.25) is 0 Å². The largest absolute Gasteiger partial charge is 0.401 e. The molecule has 22 heavy (non-hydrogen) atoms. The van der Waals surface area contributed by atoms with Crippen LogP contribution in [0.5, 0.6) is 0 Å². The van der Waals surface area contributed by atoms with Gasteiger partial charge in [0.05, 0.1) is 12.6 Å². The van der Waals surface area contributed by atoms with E-state index in [1.54, 1.807) is 34.6 Å². The fourth-order valence-electron chi connectivity index (χ4n) is 1.70. The maximum absolute atomic E-state index is 12.3. The Kier molecular flexibility index (Phi) is 7.34. The number of carbonyl (C=O) groups excluding carboxylic acids is 2. The maximum Gasteiger partial charge on any atom is 0.401 e. The summed E-state index contributed by atoms with van der Waals surface area (Å²) in [6.07, 6.45) is -4.40. The van der Waals surface area contributed by atoms with Crippen molar-refractivity contribution in [1.82, 2.24) is 16.0 Å². The summed E-state index contributed by atoms with van der Waals surface area (Å²) in [6, 6.07) is -1.85. The number of rotatable bonds is 6. The molecule has 2 atom stereocenters. The molecule has 3 N–H and O–H groups in total. The zero-order chi connectivity index (χ0) is 17.7. The van der Waals surface area contributed by atoms with Crippen LogP contribution in [0.3, 0.4) is 0 Å². The third kappa shape index (κ3) is 8.86. The highest BCUT2D eigenvalue weighted by molar-refractivity contribution is 5.89. The van der Waals surface area contributed by atoms with Crippen LogP contribution in [-0.2, 0) is 9.59 Å². The summed E-state index contributed by atoms with van der Waals surface area (Å²) in [5.41, 5.74) is -0.456. The van der Waals surface area contributed by atoms with Gasteiger partial charge in [0, 0.05) is 5.54 Å². The topological polar surface area (TPSA) is 70.2 Å². The lowest BCUT2D eigenvalue weighted by Gasteiger charge is -2.26. The molecule has 130 valence electrons. The van der Waals surface area contributed by atoms with Crippen LogP contribution in [0.4, 0.5) is 13.2 Å². The molecule has 0 rings (SSSR count). The molecule has 0 radical (unpaired) electrons. The van der Waals surface area contributed by atoms with Crippen molar-refractivity contribution in [3.8, 4) is 0 Å². The van der Waals surface area contributed by atoms with E-state index < -0.39 is 36.3 Å². The Labute approximate surface area is 129 Å². The van der Waals surface area contributed by atoms with Gasteiger partial charge in [-0.1, -0.05) is 13.8 Å². The molecule has 0 saturated heterocycles. The first-order valence-corrected chi connectivity index (χ1v) is 7.15. The molecule has 8 heteroatoms. The van der Waals surface area contributed by atoms with Crippen molar-refractivity contribution in [1.29, 1.82) is 0 Å². The molecule has 2 amide bonds. The molecule has 0 aliphatic carbocycles. The van der Waals surface area contributed by atoms with Gasteiger partial charge in [-0.2, -0.15) is 13.2 Å². The van der Waals surface area contributed by atoms with Crippen molar-refractivity contribution in [2.45, 2.75) is 65.3 Å². The fraction of sp³-hybridized carbons (Fsp3) is 0.857. The summed E-state index contributed by atoms with van der Waals surface area (Å²) in [4.78, 5) is 23.9. The van der Waals surface area contributed by atoms with Crippen molar-refractivity contribution in [2.75, 3.05) is 6.54 Å². The van der Waals surface area contributed by atoms with Gasteiger partial charge in [-0.25, -0.2) is 0 Å². The zero-order valence-corrected chi connectivity index (χ0v) is 13.9. The van der Waals surface area contributed by atoms with Crippen molar-refractivity contribution in [2.24, 2.45) is 5.92 Å². The van der Waals surface area contributed by atoms with E-state index in [0.29, 0.717) is 0 Å². The average Bonchev–Trinajstić information content (AvgIpc) is 2.24. The van der Waals surface area contributed by atoms with Crippen molar-refractivity contribution >= 4 is 11.8 Å². The van der Waals surface area contributed by atoms with Crippen molar-refractivity contribution in [3.05, 3.63) is 0 Å². The molecule has 0 unspecified atom stereocenters. The minimum atomic E-state index is -4.40. The fourth-order valence-corrected chi connectivity index (χ4v) is 1.70. The first kappa shape index (κ1) is 20.7. The van der Waals surface area contributed by atoms with E-state index in [0.717, 1.165) is 0 Å². The second-order valence-corrected chi connectivity index (χ2v) is 6.69. The molecule has 0 saturated carbocycles. The maximum atomic E-state index is 12.3. The van der Waals surface area contributed by atoms with Crippen molar-refractivity contribution < 1.29 is 22.8 Å². The third-order valence-corrected chi connectivity index (χ3v) is 2.72. The summed E-state index contributed by atoms with van der Waals surface area (Å²) in [5, 5.41) is 7.32. The number of carbonyl (C=O) groups is 2. The molecular formula is C14H26F3N3O2. The second kappa shape index (κ2) is 7.80. The second-order valence-electron chi connectivity index (χ2n) is 6.69. The molecule has 0 aromatic carbocycles. The van der Waals surface area contributed by atoms with Gasteiger partial charge in [0.15, 0.2) is 0 Å². The highest BCUT2D eigenvalue weighted by atomic mass is 19.4. The number of hydrogen-bond acceptors (Lipinski definition) is 3. The van der Waals surface area contributed by atoms with Crippen LogP contribution in [-0.4, -0.2) is 42.2 Å². The van der Waals surface area contributed by atoms with Crippen LogP contribution < -0.4 is 16.0 Å². The van der Waals surface area contributed by atoms with E-state index >= 15 is 0 Å². The molecule has 0 fully saturated rings. The highest BCUT2D eigenvalue weighted by Gasteiger charge is 2.32. The number of amides is 2. The average molecular weight is 325 g/mol. The Morgan fingerprint density at radius 1 is 1.00 bits per heavy atom. The van der Waals surface area contributed by atoms with Crippen LogP contribution >= 0.6 is 0 Å². The summed E-state index contributed by atoms with van der Waals surface area (Å²) in [5.74, 6) is -1.37. The lowest BCUT2D eigenvalue weighted by molar-refractivity contribution is -0.136. The van der Waals surface area contributed by atoms with Crippen LogP contribution in [0.15, 0.2) is 0 Å². The minimum absolute atomic E-state index is 0.347. The van der Waals surface area contributed by atoms with E-state index in [4.69, 9.17) is 0 Å². The molecule has 0 aromatic heterocycles. The quantitative estimate of drug-likeness (QED) is 0.694. The molecule has 0 aliphatic rings. The summed E-state index contributed by atoms with van der Waals surface area (Å²) in [6.45, 7) is 8.87. The summed E-state index contributed by atoms with van der Waals surface area (Å²) >= 11 is 0. The molecule has 0 aromatic rings. The Morgan fingerprint density at radius 3 is 1.86 bits per heavy atom. The smallest absolute Gasteiger partial charge is 0.350 e. The number of hydrogen-bond donors (Lipinski definition) is 3. The monoisotopic (exact) mass is 325 g/mol. The molecule has 0 heterocycles. The standard InChI is InChI=1S/C14H26F3N3O2/c1-8(2)10(18-7-14(15,16)17)12(22)19-9(3)11(21)20-13(4,5)6/h8-10,18H,7H2,1-6H3,(H,19,22)(H,20,21)/t9-,10-/m0/s1. The van der Waals surface area contributed by atoms with Gasteiger partial charge in [0.25, 0.3) is 0 Å². The van der Waals surface area contributed by atoms with Gasteiger partial charge < -0.3 is 10.6 Å². The molecule has 0 aliphatic heterocycles. The van der Waals surface area contributed by atoms with E-state index in [9.17, 15) is 22.8 Å². The number of alkyl halides is 3. The molecule has 5 nitrogen and oxygen atoms in total. The first-order valence-electron chi connectivity index (χ1n) is 7.15. The Morgan fingerprint density at radius 2 is 1.50 bits per heavy atom. The van der Waals surface area contributed by atoms with E-state index in [-0.39, 0.29) is 11.8 Å². The summed E-state index contributed by atoms with van der Waals surface area (Å²) in [7, 11) is 0. The third-order valence-electron chi connectivity index (χ3n) is 2.72. The summed E-state index contributed by atoms with van der Waals surface area (Å²) < 4.78 is 36.8. The van der Waals surface area contributed by atoms with E-state index in [1.165, 1.54) is 6.92 Å². The Balaban J connectivity index is 4.66. The van der Waals surface area contributed by atoms with Crippen LogP contribution in [0.1, 0.15) is 41.5 Å². The SMILES string of the molecule is CC(C)[C@H](NCC(F)(F)F)C(=O)N[C@@H](C)C(=O)NC(C)(C)C. The lowest BCUT2D eigenvalue weighted by atomic mass is 10.0. The zero-order valence-electron chi connectivity index (χ0n) is 13.9. The first-order chi connectivity index (χ1) is 9.73. The van der Waals surface area contributed by atoms with Crippen LogP contribution in [0, 0.1) is 5.92 Å². The Hall–Kier alpha value is -1.31. The van der Waals surface area contributed by atoms with Gasteiger partial charge in [0.2, 0.25) is 11.8 Å². The van der Waals surface area contributed by atoms with E-state index in [1.807, 2.05) is 0 Å². The van der Waals surface area contributed by atoms with Gasteiger partial charge >= 0.3 is 6.18 Å². The van der Waals surface area contributed by atoms with E-state index in [2.05, 4.69) is 16.0 Å². The van der Waals surface area contributed by atoms with Gasteiger partial charge in [-0.05, 0) is 33.6 Å². The predicted octanol–water partition coefficient (Wildman–Crippen LogP) is 1.58. The van der Waals surface area contributed by atoms with Crippen LogP contribution in [0.25, 0.3) is 0 Å². The minimum Gasteiger partial charge on any atom is -0.350 e. The molecule has 0 bridgehead atoms. The van der Waals surface area contributed by atoms with Gasteiger partial charge in [-0.3, -0.25) is 14.9 Å². The van der Waals surface area contributed by atoms with Gasteiger partial charge in [-0.15, -0.1) is 0 Å². The number of nitrogens with one attached hydrogen (secondary N) is 3.